The van der Waals surface area contributed by atoms with E-state index in [0.717, 1.165) is 34.5 Å². The van der Waals surface area contributed by atoms with Crippen LogP contribution in [0.25, 0.3) is 11.1 Å². The van der Waals surface area contributed by atoms with E-state index in [1.165, 1.54) is 5.56 Å². The van der Waals surface area contributed by atoms with Gasteiger partial charge >= 0.3 is 6.09 Å². The van der Waals surface area contributed by atoms with E-state index in [1.807, 2.05) is 57.2 Å². The van der Waals surface area contributed by atoms with Crippen LogP contribution in [0, 0.1) is 0 Å². The van der Waals surface area contributed by atoms with Crippen LogP contribution in [0.15, 0.2) is 72.8 Å². The van der Waals surface area contributed by atoms with E-state index in [-0.39, 0.29) is 6.09 Å². The van der Waals surface area contributed by atoms with Gasteiger partial charge in [0.15, 0.2) is 0 Å². The second-order valence-electron chi connectivity index (χ2n) is 8.52. The van der Waals surface area contributed by atoms with Crippen molar-refractivity contribution in [2.24, 2.45) is 0 Å². The lowest BCUT2D eigenvalue weighted by molar-refractivity contribution is 0.0584. The van der Waals surface area contributed by atoms with Gasteiger partial charge in [-0.2, -0.15) is 0 Å². The van der Waals surface area contributed by atoms with Crippen molar-refractivity contribution in [3.63, 3.8) is 0 Å². The normalized spacial score (nSPS) is 13.1. The minimum Gasteiger partial charge on any atom is -0.489 e. The van der Waals surface area contributed by atoms with Crippen molar-refractivity contribution in [2.45, 2.75) is 39.4 Å². The molecule has 0 aromatic heterocycles. The molecular formula is C26H27NO3. The molecule has 0 saturated carbocycles. The highest BCUT2D eigenvalue weighted by atomic mass is 16.6. The van der Waals surface area contributed by atoms with Crippen molar-refractivity contribution in [3.05, 3.63) is 83.9 Å². The molecule has 0 N–H and O–H groups in total. The van der Waals surface area contributed by atoms with E-state index in [2.05, 4.69) is 36.4 Å². The number of carbonyl (C=O) groups excluding carboxylic acids is 1. The maximum atomic E-state index is 12.5. The molecule has 1 aliphatic rings. The first-order chi connectivity index (χ1) is 14.4. The standard InChI is InChI=1S/C26H27NO3/c1-26(2,3)30-25(28)27-16-15-22-17-21(11-14-24(22)27)20-9-12-23(13-10-20)29-18-19-7-5-4-6-8-19/h4-14,17H,15-16,18H2,1-3H3. The summed E-state index contributed by atoms with van der Waals surface area (Å²) in [6.07, 6.45) is 0.551. The Labute approximate surface area is 178 Å². The van der Waals surface area contributed by atoms with Gasteiger partial charge in [0.1, 0.15) is 18.0 Å². The van der Waals surface area contributed by atoms with Gasteiger partial charge in [0.2, 0.25) is 0 Å². The van der Waals surface area contributed by atoms with Gasteiger partial charge in [-0.15, -0.1) is 0 Å². The van der Waals surface area contributed by atoms with Crippen molar-refractivity contribution in [3.8, 4) is 16.9 Å². The number of hydrogen-bond donors (Lipinski definition) is 0. The molecule has 0 unspecified atom stereocenters. The maximum Gasteiger partial charge on any atom is 0.414 e. The number of amides is 1. The first-order valence-corrected chi connectivity index (χ1v) is 10.3. The predicted octanol–water partition coefficient (Wildman–Crippen LogP) is 6.23. The Morgan fingerprint density at radius 2 is 1.63 bits per heavy atom. The zero-order valence-electron chi connectivity index (χ0n) is 17.7. The van der Waals surface area contributed by atoms with Crippen LogP contribution in [-0.2, 0) is 17.8 Å². The average molecular weight is 402 g/mol. The summed E-state index contributed by atoms with van der Waals surface area (Å²) >= 11 is 0. The average Bonchev–Trinajstić information content (AvgIpc) is 3.16. The summed E-state index contributed by atoms with van der Waals surface area (Å²) in [6, 6.07) is 24.5. The number of hydrogen-bond acceptors (Lipinski definition) is 3. The summed E-state index contributed by atoms with van der Waals surface area (Å²) < 4.78 is 11.4. The van der Waals surface area contributed by atoms with Crippen molar-refractivity contribution < 1.29 is 14.3 Å². The minimum absolute atomic E-state index is 0.283. The molecule has 0 saturated heterocycles. The van der Waals surface area contributed by atoms with E-state index >= 15 is 0 Å². The van der Waals surface area contributed by atoms with Gasteiger partial charge in [0.25, 0.3) is 0 Å². The zero-order valence-corrected chi connectivity index (χ0v) is 17.7. The number of carbonyl (C=O) groups is 1. The Kier molecular flexibility index (Phi) is 5.49. The lowest BCUT2D eigenvalue weighted by Gasteiger charge is -2.24. The van der Waals surface area contributed by atoms with E-state index in [1.54, 1.807) is 4.90 Å². The van der Waals surface area contributed by atoms with Gasteiger partial charge in [-0.25, -0.2) is 4.79 Å². The van der Waals surface area contributed by atoms with Crippen molar-refractivity contribution >= 4 is 11.8 Å². The number of benzene rings is 3. The highest BCUT2D eigenvalue weighted by molar-refractivity contribution is 5.91. The molecule has 4 rings (SSSR count). The number of fused-ring (bicyclic) bond motifs is 1. The van der Waals surface area contributed by atoms with Crippen LogP contribution in [0.3, 0.4) is 0 Å². The van der Waals surface area contributed by atoms with Crippen LogP contribution in [0.1, 0.15) is 31.9 Å². The molecular weight excluding hydrogens is 374 g/mol. The molecule has 4 nitrogen and oxygen atoms in total. The third-order valence-electron chi connectivity index (χ3n) is 5.02. The molecule has 4 heteroatoms. The lowest BCUT2D eigenvalue weighted by Crippen LogP contribution is -2.35. The summed E-state index contributed by atoms with van der Waals surface area (Å²) in [6.45, 7) is 6.87. The number of rotatable bonds is 4. The van der Waals surface area contributed by atoms with E-state index < -0.39 is 5.60 Å². The molecule has 0 bridgehead atoms. The number of anilines is 1. The molecule has 0 fully saturated rings. The van der Waals surface area contributed by atoms with Crippen LogP contribution >= 0.6 is 0 Å². The van der Waals surface area contributed by atoms with Gasteiger partial charge < -0.3 is 9.47 Å². The molecule has 3 aromatic carbocycles. The molecule has 30 heavy (non-hydrogen) atoms. The first-order valence-electron chi connectivity index (χ1n) is 10.3. The maximum absolute atomic E-state index is 12.5. The second-order valence-corrected chi connectivity index (χ2v) is 8.52. The molecule has 0 atom stereocenters. The third kappa shape index (κ3) is 4.65. The van der Waals surface area contributed by atoms with Crippen LogP contribution < -0.4 is 9.64 Å². The largest absolute Gasteiger partial charge is 0.489 e. The van der Waals surface area contributed by atoms with Crippen LogP contribution in [-0.4, -0.2) is 18.2 Å². The number of nitrogens with zero attached hydrogens (tertiary/aromatic N) is 1. The Balaban J connectivity index is 1.45. The smallest absolute Gasteiger partial charge is 0.414 e. The van der Waals surface area contributed by atoms with Gasteiger partial charge in [0, 0.05) is 6.54 Å². The molecule has 1 amide bonds. The Morgan fingerprint density at radius 3 is 2.33 bits per heavy atom. The zero-order chi connectivity index (χ0) is 21.1. The third-order valence-corrected chi connectivity index (χ3v) is 5.02. The molecule has 0 radical (unpaired) electrons. The van der Waals surface area contributed by atoms with E-state index in [4.69, 9.17) is 9.47 Å². The second kappa shape index (κ2) is 8.23. The van der Waals surface area contributed by atoms with Gasteiger partial charge in [-0.3, -0.25) is 4.90 Å². The van der Waals surface area contributed by atoms with E-state index in [9.17, 15) is 4.79 Å². The minimum atomic E-state index is -0.496. The van der Waals surface area contributed by atoms with E-state index in [0.29, 0.717) is 13.2 Å². The van der Waals surface area contributed by atoms with Crippen LogP contribution in [0.2, 0.25) is 0 Å². The van der Waals surface area contributed by atoms with Crippen molar-refractivity contribution in [2.75, 3.05) is 11.4 Å². The van der Waals surface area contributed by atoms with Crippen molar-refractivity contribution in [1.29, 1.82) is 0 Å². The fourth-order valence-electron chi connectivity index (χ4n) is 3.57. The number of ether oxygens (including phenoxy) is 2. The summed E-state index contributed by atoms with van der Waals surface area (Å²) in [7, 11) is 0. The Morgan fingerprint density at radius 1 is 0.933 bits per heavy atom. The molecule has 0 spiro atoms. The Hall–Kier alpha value is -3.27. The van der Waals surface area contributed by atoms with Gasteiger partial charge in [-0.05, 0) is 73.7 Å². The SMILES string of the molecule is CC(C)(C)OC(=O)N1CCc2cc(-c3ccc(OCc4ccccc4)cc3)ccc21. The molecule has 3 aromatic rings. The fourth-order valence-corrected chi connectivity index (χ4v) is 3.57. The summed E-state index contributed by atoms with van der Waals surface area (Å²) in [4.78, 5) is 14.2. The lowest BCUT2D eigenvalue weighted by atomic mass is 10.0. The predicted molar refractivity (Wildman–Crippen MR) is 120 cm³/mol. The quantitative estimate of drug-likeness (QED) is 0.520. The molecule has 1 aliphatic heterocycles. The monoisotopic (exact) mass is 401 g/mol. The first kappa shape index (κ1) is 20.0. The van der Waals surface area contributed by atoms with Crippen molar-refractivity contribution in [1.82, 2.24) is 0 Å². The summed E-state index contributed by atoms with van der Waals surface area (Å²) in [5, 5.41) is 0. The fraction of sp³-hybridized carbons (Fsp3) is 0.269. The van der Waals surface area contributed by atoms with Crippen LogP contribution in [0.5, 0.6) is 5.75 Å². The Bertz CT molecular complexity index is 1020. The van der Waals surface area contributed by atoms with Gasteiger partial charge in [-0.1, -0.05) is 48.5 Å². The highest BCUT2D eigenvalue weighted by Gasteiger charge is 2.29. The molecule has 154 valence electrons. The van der Waals surface area contributed by atoms with Crippen LogP contribution in [0.4, 0.5) is 10.5 Å². The molecule has 1 heterocycles. The summed E-state index contributed by atoms with van der Waals surface area (Å²) in [5.74, 6) is 0.847. The highest BCUT2D eigenvalue weighted by Crippen LogP contribution is 2.33. The summed E-state index contributed by atoms with van der Waals surface area (Å²) in [5.41, 5.74) is 5.02. The molecule has 0 aliphatic carbocycles. The van der Waals surface area contributed by atoms with Gasteiger partial charge in [0.05, 0.1) is 5.69 Å². The topological polar surface area (TPSA) is 38.8 Å².